The van der Waals surface area contributed by atoms with Crippen molar-refractivity contribution in [3.05, 3.63) is 35.4 Å². The van der Waals surface area contributed by atoms with Crippen molar-refractivity contribution in [2.24, 2.45) is 5.92 Å². The minimum atomic E-state index is -4.31. The predicted octanol–water partition coefficient (Wildman–Crippen LogP) is 3.94. The third-order valence-corrected chi connectivity index (χ3v) is 3.86. The Morgan fingerprint density at radius 1 is 1.24 bits per heavy atom. The molecule has 1 aromatic rings. The second-order valence-electron chi connectivity index (χ2n) is 6.30. The third-order valence-electron chi connectivity index (χ3n) is 3.86. The first-order chi connectivity index (χ1) is 9.70. The van der Waals surface area contributed by atoms with Crippen molar-refractivity contribution >= 4 is 5.91 Å². The molecule has 1 aliphatic rings. The third kappa shape index (κ3) is 3.99. The van der Waals surface area contributed by atoms with Crippen LogP contribution in [0.1, 0.15) is 44.2 Å². The fraction of sp³-hybridized carbons (Fsp3) is 0.562. The fourth-order valence-electron chi connectivity index (χ4n) is 3.12. The number of rotatable bonds is 4. The molecular formula is C16H20F3NO. The van der Waals surface area contributed by atoms with Gasteiger partial charge in [0.2, 0.25) is 5.91 Å². The van der Waals surface area contributed by atoms with Gasteiger partial charge in [0.15, 0.2) is 0 Å². The van der Waals surface area contributed by atoms with Crippen LogP contribution in [0.2, 0.25) is 0 Å². The molecule has 5 heteroatoms. The van der Waals surface area contributed by atoms with E-state index in [-0.39, 0.29) is 11.4 Å². The summed E-state index contributed by atoms with van der Waals surface area (Å²) in [5, 5.41) is 3.03. The topological polar surface area (TPSA) is 29.1 Å². The maximum atomic E-state index is 12.6. The number of carbonyl (C=O) groups excluding carboxylic acids is 1. The van der Waals surface area contributed by atoms with E-state index in [4.69, 9.17) is 0 Å². The number of amides is 1. The first kappa shape index (κ1) is 15.9. The highest BCUT2D eigenvalue weighted by Gasteiger charge is 2.38. The van der Waals surface area contributed by atoms with Crippen LogP contribution in [0.4, 0.5) is 13.2 Å². The second kappa shape index (κ2) is 5.70. The van der Waals surface area contributed by atoms with Gasteiger partial charge >= 0.3 is 6.18 Å². The van der Waals surface area contributed by atoms with E-state index >= 15 is 0 Å². The van der Waals surface area contributed by atoms with Crippen LogP contribution in [0, 0.1) is 5.92 Å². The molecule has 0 saturated carbocycles. The summed E-state index contributed by atoms with van der Waals surface area (Å²) in [5.41, 5.74) is -0.129. The van der Waals surface area contributed by atoms with Gasteiger partial charge in [-0.05, 0) is 42.9 Å². The minimum absolute atomic E-state index is 0.0301. The first-order valence-corrected chi connectivity index (χ1v) is 7.17. The Kier molecular flexibility index (Phi) is 4.30. The Labute approximate surface area is 122 Å². The Balaban J connectivity index is 2.16. The van der Waals surface area contributed by atoms with Crippen molar-refractivity contribution < 1.29 is 18.0 Å². The number of benzene rings is 1. The first-order valence-electron chi connectivity index (χ1n) is 7.17. The van der Waals surface area contributed by atoms with E-state index in [9.17, 15) is 18.0 Å². The van der Waals surface area contributed by atoms with E-state index in [0.29, 0.717) is 18.8 Å². The van der Waals surface area contributed by atoms with Gasteiger partial charge in [0.05, 0.1) is 5.56 Å². The summed E-state index contributed by atoms with van der Waals surface area (Å²) < 4.78 is 37.7. The summed E-state index contributed by atoms with van der Waals surface area (Å²) >= 11 is 0. The number of carbonyl (C=O) groups is 1. The zero-order chi connectivity index (χ0) is 15.7. The summed E-state index contributed by atoms with van der Waals surface area (Å²) in [7, 11) is 0. The van der Waals surface area contributed by atoms with E-state index in [0.717, 1.165) is 30.5 Å². The molecule has 1 amide bonds. The smallest absolute Gasteiger partial charge is 0.350 e. The lowest BCUT2D eigenvalue weighted by Gasteiger charge is -2.31. The van der Waals surface area contributed by atoms with Crippen molar-refractivity contribution in [1.82, 2.24) is 5.32 Å². The molecule has 1 aromatic carbocycles. The standard InChI is InChI=1S/C16H20F3NO/c1-11(2)9-15(8-7-14(21)20-15)10-12-3-5-13(6-4-12)16(17,18)19/h3-6,11H,7-10H2,1-2H3,(H,20,21). The average molecular weight is 299 g/mol. The van der Waals surface area contributed by atoms with Crippen LogP contribution in [0.25, 0.3) is 0 Å². The van der Waals surface area contributed by atoms with Gasteiger partial charge in [0.25, 0.3) is 0 Å². The van der Waals surface area contributed by atoms with Gasteiger partial charge in [-0.1, -0.05) is 26.0 Å². The van der Waals surface area contributed by atoms with Gasteiger partial charge in [0.1, 0.15) is 0 Å². The van der Waals surface area contributed by atoms with Crippen LogP contribution in [-0.4, -0.2) is 11.4 Å². The van der Waals surface area contributed by atoms with Crippen molar-refractivity contribution in [3.8, 4) is 0 Å². The molecule has 1 fully saturated rings. The zero-order valence-corrected chi connectivity index (χ0v) is 12.3. The molecular weight excluding hydrogens is 279 g/mol. The van der Waals surface area contributed by atoms with Crippen LogP contribution in [0.15, 0.2) is 24.3 Å². The molecule has 1 saturated heterocycles. The molecule has 0 spiro atoms. The van der Waals surface area contributed by atoms with Crippen molar-refractivity contribution in [2.45, 2.75) is 51.2 Å². The van der Waals surface area contributed by atoms with E-state index in [1.807, 2.05) is 0 Å². The Morgan fingerprint density at radius 3 is 2.29 bits per heavy atom. The van der Waals surface area contributed by atoms with Crippen LogP contribution in [0.5, 0.6) is 0 Å². The van der Waals surface area contributed by atoms with Gasteiger partial charge in [0, 0.05) is 12.0 Å². The van der Waals surface area contributed by atoms with Gasteiger partial charge in [-0.2, -0.15) is 13.2 Å². The Morgan fingerprint density at radius 2 is 1.86 bits per heavy atom. The van der Waals surface area contributed by atoms with Gasteiger partial charge in [-0.15, -0.1) is 0 Å². The number of alkyl halides is 3. The summed E-state index contributed by atoms with van der Waals surface area (Å²) in [5.74, 6) is 0.445. The Bertz CT molecular complexity index is 507. The lowest BCUT2D eigenvalue weighted by Crippen LogP contribution is -2.44. The molecule has 1 unspecified atom stereocenters. The summed E-state index contributed by atoms with van der Waals surface area (Å²) in [4.78, 5) is 11.6. The molecule has 2 rings (SSSR count). The molecule has 0 aliphatic carbocycles. The van der Waals surface area contributed by atoms with E-state index in [1.165, 1.54) is 12.1 Å². The molecule has 0 aromatic heterocycles. The van der Waals surface area contributed by atoms with Crippen molar-refractivity contribution in [3.63, 3.8) is 0 Å². The normalized spacial score (nSPS) is 22.7. The van der Waals surface area contributed by atoms with Gasteiger partial charge in [-0.3, -0.25) is 4.79 Å². The molecule has 1 atom stereocenters. The van der Waals surface area contributed by atoms with E-state index < -0.39 is 11.7 Å². The van der Waals surface area contributed by atoms with Crippen LogP contribution >= 0.6 is 0 Å². The van der Waals surface area contributed by atoms with Crippen molar-refractivity contribution in [1.29, 1.82) is 0 Å². The average Bonchev–Trinajstić information content (AvgIpc) is 2.69. The van der Waals surface area contributed by atoms with Crippen LogP contribution in [0.3, 0.4) is 0 Å². The largest absolute Gasteiger partial charge is 0.416 e. The molecule has 1 heterocycles. The molecule has 0 bridgehead atoms. The highest BCUT2D eigenvalue weighted by molar-refractivity contribution is 5.79. The highest BCUT2D eigenvalue weighted by atomic mass is 19.4. The summed E-state index contributed by atoms with van der Waals surface area (Å²) in [6.45, 7) is 4.16. The number of nitrogens with one attached hydrogen (secondary N) is 1. The minimum Gasteiger partial charge on any atom is -0.350 e. The number of hydrogen-bond acceptors (Lipinski definition) is 1. The molecule has 21 heavy (non-hydrogen) atoms. The lowest BCUT2D eigenvalue weighted by atomic mass is 9.82. The fourth-order valence-corrected chi connectivity index (χ4v) is 3.12. The van der Waals surface area contributed by atoms with Gasteiger partial charge in [-0.25, -0.2) is 0 Å². The molecule has 0 radical (unpaired) electrons. The number of hydrogen-bond donors (Lipinski definition) is 1. The van der Waals surface area contributed by atoms with E-state index in [2.05, 4.69) is 19.2 Å². The van der Waals surface area contributed by atoms with E-state index in [1.54, 1.807) is 0 Å². The molecule has 2 nitrogen and oxygen atoms in total. The summed E-state index contributed by atoms with van der Waals surface area (Å²) in [6, 6.07) is 5.23. The van der Waals surface area contributed by atoms with Gasteiger partial charge < -0.3 is 5.32 Å². The van der Waals surface area contributed by atoms with Crippen LogP contribution < -0.4 is 5.32 Å². The summed E-state index contributed by atoms with van der Waals surface area (Å²) in [6.07, 6.45) is -1.66. The number of halogens is 3. The zero-order valence-electron chi connectivity index (χ0n) is 12.3. The van der Waals surface area contributed by atoms with Crippen molar-refractivity contribution in [2.75, 3.05) is 0 Å². The van der Waals surface area contributed by atoms with Crippen LogP contribution in [-0.2, 0) is 17.4 Å². The maximum Gasteiger partial charge on any atom is 0.416 e. The highest BCUT2D eigenvalue weighted by Crippen LogP contribution is 2.33. The predicted molar refractivity (Wildman–Crippen MR) is 74.7 cm³/mol. The SMILES string of the molecule is CC(C)CC1(Cc2ccc(C(F)(F)F)cc2)CCC(=O)N1. The molecule has 116 valence electrons. The second-order valence-corrected chi connectivity index (χ2v) is 6.30. The monoisotopic (exact) mass is 299 g/mol. The maximum absolute atomic E-state index is 12.6. The Hall–Kier alpha value is -1.52. The quantitative estimate of drug-likeness (QED) is 0.896. The lowest BCUT2D eigenvalue weighted by molar-refractivity contribution is -0.137. The molecule has 1 aliphatic heterocycles. The molecule has 1 N–H and O–H groups in total.